The summed E-state index contributed by atoms with van der Waals surface area (Å²) in [6.07, 6.45) is 3.71. The molecular formula is C11H15BClNO2. The average Bonchev–Trinajstić information content (AvgIpc) is 2.29. The van der Waals surface area contributed by atoms with E-state index in [9.17, 15) is 0 Å². The van der Waals surface area contributed by atoms with Crippen molar-refractivity contribution in [3.05, 3.63) is 23.2 Å². The molecule has 0 amide bonds. The number of rotatable bonds is 2. The van der Waals surface area contributed by atoms with Crippen LogP contribution in [0.15, 0.2) is 18.2 Å². The van der Waals surface area contributed by atoms with E-state index in [-0.39, 0.29) is 0 Å². The zero-order valence-electron chi connectivity index (χ0n) is 9.06. The van der Waals surface area contributed by atoms with Crippen LogP contribution in [0.5, 0.6) is 0 Å². The number of anilines is 1. The van der Waals surface area contributed by atoms with E-state index in [1.807, 2.05) is 12.1 Å². The van der Waals surface area contributed by atoms with Crippen molar-refractivity contribution in [2.75, 3.05) is 18.0 Å². The molecule has 0 atom stereocenters. The average molecular weight is 240 g/mol. The lowest BCUT2D eigenvalue weighted by Crippen LogP contribution is -2.33. The van der Waals surface area contributed by atoms with Gasteiger partial charge in [-0.15, -0.1) is 0 Å². The minimum atomic E-state index is -1.50. The topological polar surface area (TPSA) is 43.7 Å². The van der Waals surface area contributed by atoms with Gasteiger partial charge in [0.05, 0.1) is 0 Å². The van der Waals surface area contributed by atoms with Crippen molar-refractivity contribution < 1.29 is 10.0 Å². The van der Waals surface area contributed by atoms with E-state index in [0.717, 1.165) is 18.8 Å². The van der Waals surface area contributed by atoms with Crippen molar-refractivity contribution in [2.45, 2.75) is 19.3 Å². The highest BCUT2D eigenvalue weighted by Gasteiger charge is 2.17. The zero-order chi connectivity index (χ0) is 11.5. The fraction of sp³-hybridized carbons (Fsp3) is 0.455. The predicted molar refractivity (Wildman–Crippen MR) is 67.3 cm³/mol. The molecule has 5 heteroatoms. The van der Waals surface area contributed by atoms with E-state index in [1.54, 1.807) is 6.07 Å². The summed E-state index contributed by atoms with van der Waals surface area (Å²) in [5, 5.41) is 18.5. The molecule has 1 aromatic rings. The van der Waals surface area contributed by atoms with Crippen molar-refractivity contribution in [3.8, 4) is 0 Å². The van der Waals surface area contributed by atoms with Crippen LogP contribution in [0.4, 0.5) is 5.69 Å². The van der Waals surface area contributed by atoms with Crippen LogP contribution >= 0.6 is 11.6 Å². The molecule has 0 aromatic heterocycles. The van der Waals surface area contributed by atoms with Crippen LogP contribution in [-0.4, -0.2) is 30.3 Å². The Morgan fingerprint density at radius 1 is 1.12 bits per heavy atom. The molecule has 0 saturated carbocycles. The van der Waals surface area contributed by atoms with E-state index in [1.165, 1.54) is 19.3 Å². The number of hydrogen-bond acceptors (Lipinski definition) is 3. The van der Waals surface area contributed by atoms with Gasteiger partial charge in [-0.2, -0.15) is 0 Å². The molecule has 0 unspecified atom stereocenters. The first-order chi connectivity index (χ1) is 7.68. The van der Waals surface area contributed by atoms with Gasteiger partial charge in [0, 0.05) is 29.3 Å². The molecular weight excluding hydrogens is 224 g/mol. The van der Waals surface area contributed by atoms with Crippen LogP contribution in [0.25, 0.3) is 0 Å². The van der Waals surface area contributed by atoms with Crippen molar-refractivity contribution >= 4 is 29.9 Å². The van der Waals surface area contributed by atoms with Gasteiger partial charge in [-0.25, -0.2) is 0 Å². The van der Waals surface area contributed by atoms with Gasteiger partial charge in [0.1, 0.15) is 0 Å². The van der Waals surface area contributed by atoms with E-state index < -0.39 is 7.12 Å². The van der Waals surface area contributed by atoms with Crippen LogP contribution in [0.3, 0.4) is 0 Å². The fourth-order valence-electron chi connectivity index (χ4n) is 2.07. The molecule has 1 aromatic carbocycles. The minimum Gasteiger partial charge on any atom is -0.423 e. The summed E-state index contributed by atoms with van der Waals surface area (Å²) in [6, 6.07) is 5.38. The normalized spacial score (nSPS) is 16.3. The molecule has 1 saturated heterocycles. The third-order valence-corrected chi connectivity index (χ3v) is 3.31. The summed E-state index contributed by atoms with van der Waals surface area (Å²) in [7, 11) is -1.50. The van der Waals surface area contributed by atoms with Crippen LogP contribution in [0, 0.1) is 0 Å². The molecule has 0 aliphatic carbocycles. The second-order valence-corrected chi connectivity index (χ2v) is 4.53. The molecule has 1 aliphatic rings. The largest absolute Gasteiger partial charge is 0.489 e. The van der Waals surface area contributed by atoms with E-state index in [2.05, 4.69) is 4.90 Å². The first-order valence-corrected chi connectivity index (χ1v) is 5.97. The van der Waals surface area contributed by atoms with Crippen LogP contribution in [0.2, 0.25) is 5.02 Å². The smallest absolute Gasteiger partial charge is 0.423 e. The second-order valence-electron chi connectivity index (χ2n) is 4.13. The van der Waals surface area contributed by atoms with E-state index in [0.29, 0.717) is 10.5 Å². The van der Waals surface area contributed by atoms with Gasteiger partial charge in [-0.1, -0.05) is 17.7 Å². The molecule has 1 heterocycles. The Balaban J connectivity index is 2.19. The first-order valence-electron chi connectivity index (χ1n) is 5.59. The molecule has 1 aliphatic heterocycles. The fourth-order valence-corrected chi connectivity index (χ4v) is 2.35. The molecule has 16 heavy (non-hydrogen) atoms. The number of piperidine rings is 1. The SMILES string of the molecule is OB(O)c1ccc(N2CCCCC2)cc1Cl. The summed E-state index contributed by atoms with van der Waals surface area (Å²) in [6.45, 7) is 2.11. The highest BCUT2D eigenvalue weighted by atomic mass is 35.5. The molecule has 0 radical (unpaired) electrons. The lowest BCUT2D eigenvalue weighted by atomic mass is 9.80. The number of nitrogens with zero attached hydrogens (tertiary/aromatic N) is 1. The van der Waals surface area contributed by atoms with Gasteiger partial charge in [-0.05, 0) is 31.4 Å². The quantitative estimate of drug-likeness (QED) is 0.757. The molecule has 3 nitrogen and oxygen atoms in total. The summed E-state index contributed by atoms with van der Waals surface area (Å²) in [5.74, 6) is 0. The molecule has 1 fully saturated rings. The van der Waals surface area contributed by atoms with Gasteiger partial charge in [0.2, 0.25) is 0 Å². The third kappa shape index (κ3) is 2.51. The van der Waals surface area contributed by atoms with Crippen molar-refractivity contribution in [3.63, 3.8) is 0 Å². The summed E-state index contributed by atoms with van der Waals surface area (Å²) in [5.41, 5.74) is 1.43. The maximum atomic E-state index is 9.06. The monoisotopic (exact) mass is 239 g/mol. The van der Waals surface area contributed by atoms with Gasteiger partial charge >= 0.3 is 7.12 Å². The van der Waals surface area contributed by atoms with Gasteiger partial charge < -0.3 is 14.9 Å². The van der Waals surface area contributed by atoms with Crippen LogP contribution in [-0.2, 0) is 0 Å². The molecule has 2 N–H and O–H groups in total. The van der Waals surface area contributed by atoms with Crippen molar-refractivity contribution in [2.24, 2.45) is 0 Å². The molecule has 86 valence electrons. The Labute approximate surface area is 101 Å². The van der Waals surface area contributed by atoms with Crippen LogP contribution in [0.1, 0.15) is 19.3 Å². The number of hydrogen-bond donors (Lipinski definition) is 2. The minimum absolute atomic E-state index is 0.363. The number of halogens is 1. The van der Waals surface area contributed by atoms with Gasteiger partial charge in [-0.3, -0.25) is 0 Å². The Morgan fingerprint density at radius 2 is 1.81 bits per heavy atom. The molecule has 0 bridgehead atoms. The maximum absolute atomic E-state index is 9.06. The summed E-state index contributed by atoms with van der Waals surface area (Å²) < 4.78 is 0. The first kappa shape index (κ1) is 11.8. The highest BCUT2D eigenvalue weighted by molar-refractivity contribution is 6.62. The Morgan fingerprint density at radius 3 is 2.38 bits per heavy atom. The summed E-state index contributed by atoms with van der Waals surface area (Å²) in [4.78, 5) is 2.28. The lowest BCUT2D eigenvalue weighted by Gasteiger charge is -2.29. The zero-order valence-corrected chi connectivity index (χ0v) is 9.82. The van der Waals surface area contributed by atoms with E-state index >= 15 is 0 Å². The maximum Gasteiger partial charge on any atom is 0.489 e. The van der Waals surface area contributed by atoms with Crippen molar-refractivity contribution in [1.29, 1.82) is 0 Å². The molecule has 2 rings (SSSR count). The second kappa shape index (κ2) is 5.08. The summed E-state index contributed by atoms with van der Waals surface area (Å²) >= 11 is 6.00. The molecule has 0 spiro atoms. The van der Waals surface area contributed by atoms with Crippen molar-refractivity contribution in [1.82, 2.24) is 0 Å². The van der Waals surface area contributed by atoms with Gasteiger partial charge in [0.15, 0.2) is 0 Å². The Hall–Kier alpha value is -0.705. The Kier molecular flexibility index (Phi) is 3.74. The third-order valence-electron chi connectivity index (χ3n) is 2.98. The standard InChI is InChI=1S/C11H15BClNO2/c13-11-8-9(4-5-10(11)12(15)16)14-6-2-1-3-7-14/h4-5,8,15-16H,1-3,6-7H2. The van der Waals surface area contributed by atoms with Crippen LogP contribution < -0.4 is 10.4 Å². The predicted octanol–water partition coefficient (Wildman–Crippen LogP) is 1.01. The van der Waals surface area contributed by atoms with Gasteiger partial charge in [0.25, 0.3) is 0 Å². The Bertz CT molecular complexity index is 367. The lowest BCUT2D eigenvalue weighted by molar-refractivity contribution is 0.426. The van der Waals surface area contributed by atoms with E-state index in [4.69, 9.17) is 21.6 Å². The highest BCUT2D eigenvalue weighted by Crippen LogP contribution is 2.22. The number of benzene rings is 1.